The number of hydrogen-bond donors (Lipinski definition) is 0. The SMILES string of the molecule is C[C@H]1CCCN(CCn2cc(-c3cnc(-c4cccs4)nc3)nn2)C1. The van der Waals surface area contributed by atoms with Crippen molar-refractivity contribution < 1.29 is 0 Å². The zero-order valence-corrected chi connectivity index (χ0v) is 15.2. The van der Waals surface area contributed by atoms with Gasteiger partial charge in [-0.3, -0.25) is 4.68 Å². The number of aromatic nitrogens is 5. The summed E-state index contributed by atoms with van der Waals surface area (Å²) in [6.07, 6.45) is 8.28. The normalized spacial score (nSPS) is 18.5. The number of piperidine rings is 1. The molecule has 7 heteroatoms. The molecule has 4 rings (SSSR count). The summed E-state index contributed by atoms with van der Waals surface area (Å²) in [5.41, 5.74) is 1.72. The molecule has 130 valence electrons. The molecular weight excluding hydrogens is 332 g/mol. The highest BCUT2D eigenvalue weighted by atomic mass is 32.1. The first-order valence-corrected chi connectivity index (χ1v) is 9.65. The van der Waals surface area contributed by atoms with E-state index in [0.717, 1.165) is 41.0 Å². The van der Waals surface area contributed by atoms with E-state index in [4.69, 9.17) is 0 Å². The molecular formula is C18H22N6S. The Labute approximate surface area is 151 Å². The lowest BCUT2D eigenvalue weighted by Crippen LogP contribution is -2.36. The molecule has 0 radical (unpaired) electrons. The Morgan fingerprint density at radius 2 is 2.12 bits per heavy atom. The molecule has 0 spiro atoms. The summed E-state index contributed by atoms with van der Waals surface area (Å²) in [4.78, 5) is 12.5. The Balaban J connectivity index is 1.39. The second kappa shape index (κ2) is 7.41. The first-order valence-electron chi connectivity index (χ1n) is 8.77. The lowest BCUT2D eigenvalue weighted by Gasteiger charge is -2.30. The van der Waals surface area contributed by atoms with Crippen LogP contribution in [0.5, 0.6) is 0 Å². The van der Waals surface area contributed by atoms with E-state index in [1.807, 2.05) is 40.8 Å². The minimum atomic E-state index is 0.755. The second-order valence-corrected chi connectivity index (χ2v) is 7.64. The zero-order chi connectivity index (χ0) is 17.1. The van der Waals surface area contributed by atoms with Gasteiger partial charge >= 0.3 is 0 Å². The summed E-state index contributed by atoms with van der Waals surface area (Å²) in [5, 5.41) is 10.6. The van der Waals surface area contributed by atoms with Crippen LogP contribution < -0.4 is 0 Å². The van der Waals surface area contributed by atoms with E-state index in [-0.39, 0.29) is 0 Å². The molecule has 1 saturated heterocycles. The van der Waals surface area contributed by atoms with Crippen LogP contribution in [0, 0.1) is 5.92 Å². The van der Waals surface area contributed by atoms with Crippen molar-refractivity contribution in [3.63, 3.8) is 0 Å². The van der Waals surface area contributed by atoms with Crippen LogP contribution in [0.3, 0.4) is 0 Å². The van der Waals surface area contributed by atoms with Crippen molar-refractivity contribution >= 4 is 11.3 Å². The summed E-state index contributed by atoms with van der Waals surface area (Å²) in [6, 6.07) is 4.03. The molecule has 0 unspecified atom stereocenters. The molecule has 1 aliphatic heterocycles. The van der Waals surface area contributed by atoms with Crippen LogP contribution in [0.1, 0.15) is 19.8 Å². The summed E-state index contributed by atoms with van der Waals surface area (Å²) in [5.74, 6) is 1.56. The highest BCUT2D eigenvalue weighted by Crippen LogP contribution is 2.22. The Morgan fingerprint density at radius 1 is 1.24 bits per heavy atom. The van der Waals surface area contributed by atoms with E-state index < -0.39 is 0 Å². The van der Waals surface area contributed by atoms with Gasteiger partial charge in [0.2, 0.25) is 0 Å². The van der Waals surface area contributed by atoms with E-state index in [9.17, 15) is 0 Å². The van der Waals surface area contributed by atoms with Crippen LogP contribution in [0.4, 0.5) is 0 Å². The molecule has 1 atom stereocenters. The van der Waals surface area contributed by atoms with Gasteiger partial charge in [0.1, 0.15) is 5.69 Å². The first kappa shape index (κ1) is 16.4. The average molecular weight is 354 g/mol. The number of rotatable bonds is 5. The number of thiophene rings is 1. The number of nitrogens with zero attached hydrogens (tertiary/aromatic N) is 6. The third-order valence-corrected chi connectivity index (χ3v) is 5.48. The highest BCUT2D eigenvalue weighted by Gasteiger charge is 2.16. The molecule has 0 saturated carbocycles. The standard InChI is InChI=1S/C18H22N6S/c1-14-4-2-6-23(12-14)7-8-24-13-16(21-22-24)15-10-19-18(20-11-15)17-5-3-9-25-17/h3,5,9-11,13-14H,2,4,6-8,12H2,1H3/t14-/m0/s1. The molecule has 3 aromatic heterocycles. The van der Waals surface area contributed by atoms with Gasteiger partial charge in [0.05, 0.1) is 17.6 Å². The summed E-state index contributed by atoms with van der Waals surface area (Å²) in [7, 11) is 0. The van der Waals surface area contributed by atoms with Crippen molar-refractivity contribution in [2.45, 2.75) is 26.3 Å². The topological polar surface area (TPSA) is 59.7 Å². The highest BCUT2D eigenvalue weighted by molar-refractivity contribution is 7.13. The van der Waals surface area contributed by atoms with Gasteiger partial charge in [0, 0.05) is 31.0 Å². The van der Waals surface area contributed by atoms with Crippen molar-refractivity contribution in [3.05, 3.63) is 36.1 Å². The minimum Gasteiger partial charge on any atom is -0.301 e. The summed E-state index contributed by atoms with van der Waals surface area (Å²) in [6.45, 7) is 6.62. The number of likely N-dealkylation sites (tertiary alicyclic amines) is 1. The fourth-order valence-corrected chi connectivity index (χ4v) is 3.94. The Bertz CT molecular complexity index is 795. The summed E-state index contributed by atoms with van der Waals surface area (Å²) >= 11 is 1.64. The van der Waals surface area contributed by atoms with Gasteiger partial charge in [-0.25, -0.2) is 9.97 Å². The molecule has 25 heavy (non-hydrogen) atoms. The second-order valence-electron chi connectivity index (χ2n) is 6.69. The van der Waals surface area contributed by atoms with E-state index >= 15 is 0 Å². The van der Waals surface area contributed by atoms with Gasteiger partial charge in [0.25, 0.3) is 0 Å². The van der Waals surface area contributed by atoms with Crippen LogP contribution in [0.15, 0.2) is 36.1 Å². The lowest BCUT2D eigenvalue weighted by molar-refractivity contribution is 0.176. The molecule has 0 aromatic carbocycles. The van der Waals surface area contributed by atoms with Crippen molar-refractivity contribution in [2.24, 2.45) is 5.92 Å². The maximum absolute atomic E-state index is 4.45. The van der Waals surface area contributed by atoms with Crippen LogP contribution in [0.2, 0.25) is 0 Å². The van der Waals surface area contributed by atoms with Crippen LogP contribution in [-0.4, -0.2) is 49.5 Å². The molecule has 6 nitrogen and oxygen atoms in total. The fraction of sp³-hybridized carbons (Fsp3) is 0.444. The maximum atomic E-state index is 4.45. The van der Waals surface area contributed by atoms with Gasteiger partial charge in [-0.05, 0) is 36.8 Å². The minimum absolute atomic E-state index is 0.755. The van der Waals surface area contributed by atoms with Gasteiger partial charge in [-0.2, -0.15) is 0 Å². The van der Waals surface area contributed by atoms with Crippen LogP contribution in [0.25, 0.3) is 22.0 Å². The first-order chi connectivity index (χ1) is 12.3. The van der Waals surface area contributed by atoms with Crippen LogP contribution in [-0.2, 0) is 6.54 Å². The van der Waals surface area contributed by atoms with E-state index in [0.29, 0.717) is 0 Å². The predicted octanol–water partition coefficient (Wildman–Crippen LogP) is 3.20. The average Bonchev–Trinajstić information content (AvgIpc) is 3.32. The van der Waals surface area contributed by atoms with Gasteiger partial charge in [-0.15, -0.1) is 16.4 Å². The monoisotopic (exact) mass is 354 g/mol. The van der Waals surface area contributed by atoms with Gasteiger partial charge in [0.15, 0.2) is 5.82 Å². The Morgan fingerprint density at radius 3 is 2.88 bits per heavy atom. The lowest BCUT2D eigenvalue weighted by atomic mass is 10.0. The van der Waals surface area contributed by atoms with Crippen molar-refractivity contribution in [2.75, 3.05) is 19.6 Å². The molecule has 4 heterocycles. The molecule has 0 N–H and O–H groups in total. The predicted molar refractivity (Wildman–Crippen MR) is 99.2 cm³/mol. The molecule has 1 fully saturated rings. The third kappa shape index (κ3) is 3.93. The van der Waals surface area contributed by atoms with Crippen molar-refractivity contribution in [3.8, 4) is 22.0 Å². The van der Waals surface area contributed by atoms with E-state index in [2.05, 4.69) is 32.1 Å². The molecule has 1 aliphatic rings. The smallest absolute Gasteiger partial charge is 0.169 e. The van der Waals surface area contributed by atoms with E-state index in [1.54, 1.807) is 11.3 Å². The van der Waals surface area contributed by atoms with Gasteiger partial charge < -0.3 is 4.90 Å². The van der Waals surface area contributed by atoms with E-state index in [1.165, 1.54) is 25.9 Å². The Hall–Kier alpha value is -2.12. The van der Waals surface area contributed by atoms with Crippen LogP contribution >= 0.6 is 11.3 Å². The molecule has 0 bridgehead atoms. The fourth-order valence-electron chi connectivity index (χ4n) is 3.27. The molecule has 0 amide bonds. The quantitative estimate of drug-likeness (QED) is 0.704. The van der Waals surface area contributed by atoms with Crippen molar-refractivity contribution in [1.29, 1.82) is 0 Å². The summed E-state index contributed by atoms with van der Waals surface area (Å²) < 4.78 is 1.92. The third-order valence-electron chi connectivity index (χ3n) is 4.61. The number of hydrogen-bond acceptors (Lipinski definition) is 6. The maximum Gasteiger partial charge on any atom is 0.169 e. The zero-order valence-electron chi connectivity index (χ0n) is 14.4. The van der Waals surface area contributed by atoms with Gasteiger partial charge in [-0.1, -0.05) is 18.2 Å². The molecule has 0 aliphatic carbocycles. The molecule has 3 aromatic rings. The Kier molecular flexibility index (Phi) is 4.85. The largest absolute Gasteiger partial charge is 0.301 e. The van der Waals surface area contributed by atoms with Crippen molar-refractivity contribution in [1.82, 2.24) is 29.9 Å².